The van der Waals surface area contributed by atoms with Crippen LogP contribution >= 0.6 is 69.6 Å². The average molecular weight is 468 g/mol. The molecule has 0 saturated carbocycles. The first-order valence-electron chi connectivity index (χ1n) is 7.23. The lowest BCUT2D eigenvalue weighted by atomic mass is 10.0. The van der Waals surface area contributed by atoms with E-state index >= 15 is 0 Å². The number of hydrogen-bond donors (Lipinski definition) is 1. The molecule has 0 aliphatic rings. The zero-order valence-corrected chi connectivity index (χ0v) is 17.4. The molecule has 3 aromatic rings. The van der Waals surface area contributed by atoms with Gasteiger partial charge in [0.05, 0.1) is 48.1 Å². The second-order valence-electron chi connectivity index (χ2n) is 5.29. The third kappa shape index (κ3) is 3.65. The van der Waals surface area contributed by atoms with Gasteiger partial charge >= 0.3 is 0 Å². The second-order valence-corrected chi connectivity index (χ2v) is 7.62. The summed E-state index contributed by atoms with van der Waals surface area (Å²) in [6, 6.07) is 10.2. The molecule has 0 aliphatic carbocycles. The van der Waals surface area contributed by atoms with Gasteiger partial charge in [-0.25, -0.2) is 4.98 Å². The summed E-state index contributed by atoms with van der Waals surface area (Å²) in [6.45, 7) is -0.307. The fraction of sp³-hybridized carbons (Fsp3) is 0.0556. The van der Waals surface area contributed by atoms with Crippen molar-refractivity contribution in [3.8, 4) is 22.4 Å². The minimum Gasteiger partial charge on any atom is -0.390 e. The molecule has 2 nitrogen and oxygen atoms in total. The highest BCUT2D eigenvalue weighted by Crippen LogP contribution is 2.41. The number of nitrogens with zero attached hydrogens (tertiary/aromatic N) is 1. The van der Waals surface area contributed by atoms with Crippen LogP contribution in [-0.2, 0) is 6.61 Å². The molecule has 0 aliphatic heterocycles. The molecule has 26 heavy (non-hydrogen) atoms. The first-order valence-corrected chi connectivity index (χ1v) is 9.50. The average Bonchev–Trinajstić information content (AvgIpc) is 2.64. The molecule has 0 atom stereocenters. The topological polar surface area (TPSA) is 33.1 Å². The largest absolute Gasteiger partial charge is 0.390 e. The van der Waals surface area contributed by atoms with Crippen molar-refractivity contribution in [2.45, 2.75) is 6.61 Å². The van der Waals surface area contributed by atoms with Gasteiger partial charge in [0.2, 0.25) is 0 Å². The Morgan fingerprint density at radius 1 is 0.615 bits per heavy atom. The normalized spacial score (nSPS) is 11.0. The standard InChI is InChI=1S/C18H9Cl6NO/c19-11-4-1-9(15(21)17(11)23)8-3-6-13(25-14(8)7-26)10-2-5-12(20)18(24)16(10)22/h1-6,26H,7H2. The van der Waals surface area contributed by atoms with Gasteiger partial charge in [0.15, 0.2) is 0 Å². The van der Waals surface area contributed by atoms with Gasteiger partial charge in [-0.15, -0.1) is 0 Å². The van der Waals surface area contributed by atoms with Crippen LogP contribution in [0.15, 0.2) is 36.4 Å². The number of aliphatic hydroxyl groups is 1. The van der Waals surface area contributed by atoms with Gasteiger partial charge in [-0.3, -0.25) is 0 Å². The van der Waals surface area contributed by atoms with Crippen LogP contribution in [0.1, 0.15) is 5.69 Å². The molecule has 2 aromatic carbocycles. The molecule has 0 amide bonds. The fourth-order valence-corrected chi connectivity index (χ4v) is 3.74. The number of pyridine rings is 1. The maximum absolute atomic E-state index is 9.79. The molecule has 8 heteroatoms. The number of hydrogen-bond acceptors (Lipinski definition) is 2. The van der Waals surface area contributed by atoms with Gasteiger partial charge in [-0.05, 0) is 24.3 Å². The minimum absolute atomic E-state index is 0.242. The summed E-state index contributed by atoms with van der Waals surface area (Å²) < 4.78 is 0. The molecule has 1 heterocycles. The van der Waals surface area contributed by atoms with Crippen LogP contribution in [0.2, 0.25) is 30.1 Å². The third-order valence-corrected chi connectivity index (χ3v) is 6.35. The predicted octanol–water partition coefficient (Wildman–Crippen LogP) is 7.83. The van der Waals surface area contributed by atoms with E-state index in [4.69, 9.17) is 69.6 Å². The summed E-state index contributed by atoms with van der Waals surface area (Å²) in [5.74, 6) is 0. The Labute approximate surface area is 180 Å². The van der Waals surface area contributed by atoms with Crippen molar-refractivity contribution >= 4 is 69.6 Å². The molecule has 0 radical (unpaired) electrons. The predicted molar refractivity (Wildman–Crippen MR) is 111 cm³/mol. The number of aliphatic hydroxyl groups excluding tert-OH is 1. The molecule has 0 unspecified atom stereocenters. The quantitative estimate of drug-likeness (QED) is 0.398. The van der Waals surface area contributed by atoms with Gasteiger partial charge in [0.1, 0.15) is 0 Å². The summed E-state index contributed by atoms with van der Waals surface area (Å²) >= 11 is 36.7. The van der Waals surface area contributed by atoms with Gasteiger partial charge in [0.25, 0.3) is 0 Å². The lowest BCUT2D eigenvalue weighted by Crippen LogP contribution is -1.97. The van der Waals surface area contributed by atoms with Crippen molar-refractivity contribution in [3.05, 3.63) is 72.2 Å². The van der Waals surface area contributed by atoms with Crippen molar-refractivity contribution in [3.63, 3.8) is 0 Å². The van der Waals surface area contributed by atoms with E-state index in [0.29, 0.717) is 38.1 Å². The highest BCUT2D eigenvalue weighted by molar-refractivity contribution is 6.49. The Hall–Kier alpha value is -0.710. The SMILES string of the molecule is OCc1nc(-c2ccc(Cl)c(Cl)c2Cl)ccc1-c1ccc(Cl)c(Cl)c1Cl. The number of benzene rings is 2. The highest BCUT2D eigenvalue weighted by Gasteiger charge is 2.17. The molecule has 3 rings (SSSR count). The molecule has 0 spiro atoms. The Morgan fingerprint density at radius 3 is 1.69 bits per heavy atom. The van der Waals surface area contributed by atoms with Crippen LogP contribution in [0.4, 0.5) is 0 Å². The molecule has 0 saturated heterocycles. The van der Waals surface area contributed by atoms with Crippen LogP contribution in [0.25, 0.3) is 22.4 Å². The van der Waals surface area contributed by atoms with E-state index in [1.807, 2.05) is 0 Å². The van der Waals surface area contributed by atoms with Crippen LogP contribution in [0.3, 0.4) is 0 Å². The molecule has 134 valence electrons. The molecule has 0 bridgehead atoms. The van der Waals surface area contributed by atoms with E-state index in [0.717, 1.165) is 0 Å². The lowest BCUT2D eigenvalue weighted by Gasteiger charge is -2.13. The van der Waals surface area contributed by atoms with Crippen molar-refractivity contribution in [1.29, 1.82) is 0 Å². The van der Waals surface area contributed by atoms with Crippen molar-refractivity contribution in [1.82, 2.24) is 4.98 Å². The monoisotopic (exact) mass is 465 g/mol. The summed E-state index contributed by atoms with van der Waals surface area (Å²) in [6.07, 6.45) is 0. The maximum Gasteiger partial charge on any atom is 0.0859 e. The Balaban J connectivity index is 2.16. The van der Waals surface area contributed by atoms with Gasteiger partial charge < -0.3 is 5.11 Å². The first-order chi connectivity index (χ1) is 12.3. The first kappa shape index (κ1) is 20.0. The summed E-state index contributed by atoms with van der Waals surface area (Å²) in [5.41, 5.74) is 2.80. The van der Waals surface area contributed by atoms with Crippen LogP contribution in [0, 0.1) is 0 Å². The smallest absolute Gasteiger partial charge is 0.0859 e. The van der Waals surface area contributed by atoms with Crippen molar-refractivity contribution in [2.24, 2.45) is 0 Å². The number of aromatic nitrogens is 1. The lowest BCUT2D eigenvalue weighted by molar-refractivity contribution is 0.277. The Morgan fingerprint density at radius 2 is 1.12 bits per heavy atom. The second kappa shape index (κ2) is 8.12. The van der Waals surface area contributed by atoms with Gasteiger partial charge in [-0.1, -0.05) is 81.7 Å². The minimum atomic E-state index is -0.307. The van der Waals surface area contributed by atoms with E-state index in [1.54, 1.807) is 36.4 Å². The van der Waals surface area contributed by atoms with Crippen LogP contribution in [0.5, 0.6) is 0 Å². The zero-order chi connectivity index (χ0) is 19.0. The molecular formula is C18H9Cl6NO. The van der Waals surface area contributed by atoms with Crippen LogP contribution < -0.4 is 0 Å². The summed E-state index contributed by atoms with van der Waals surface area (Å²) in [4.78, 5) is 4.49. The van der Waals surface area contributed by atoms with E-state index in [9.17, 15) is 5.11 Å². The zero-order valence-electron chi connectivity index (χ0n) is 12.8. The summed E-state index contributed by atoms with van der Waals surface area (Å²) in [5, 5.41) is 11.5. The van der Waals surface area contributed by atoms with E-state index in [2.05, 4.69) is 4.98 Å². The van der Waals surface area contributed by atoms with Gasteiger partial charge in [0, 0.05) is 16.7 Å². The van der Waals surface area contributed by atoms with E-state index in [-0.39, 0.29) is 26.7 Å². The van der Waals surface area contributed by atoms with E-state index < -0.39 is 0 Å². The van der Waals surface area contributed by atoms with Crippen molar-refractivity contribution < 1.29 is 5.11 Å². The Bertz CT molecular complexity index is 1010. The fourth-order valence-electron chi connectivity index (χ4n) is 2.47. The number of halogens is 6. The molecule has 1 aromatic heterocycles. The van der Waals surface area contributed by atoms with Gasteiger partial charge in [-0.2, -0.15) is 0 Å². The highest BCUT2D eigenvalue weighted by atomic mass is 35.5. The molecule has 0 fully saturated rings. The van der Waals surface area contributed by atoms with Crippen LogP contribution in [-0.4, -0.2) is 10.1 Å². The molecule has 1 N–H and O–H groups in total. The number of rotatable bonds is 3. The van der Waals surface area contributed by atoms with Crippen molar-refractivity contribution in [2.75, 3.05) is 0 Å². The molecular weight excluding hydrogens is 459 g/mol. The summed E-state index contributed by atoms with van der Waals surface area (Å²) in [7, 11) is 0. The third-order valence-electron chi connectivity index (χ3n) is 3.76. The van der Waals surface area contributed by atoms with E-state index in [1.165, 1.54) is 0 Å². The Kier molecular flexibility index (Phi) is 6.25. The maximum atomic E-state index is 9.79.